The Morgan fingerprint density at radius 2 is 1.70 bits per heavy atom. The summed E-state index contributed by atoms with van der Waals surface area (Å²) in [5.41, 5.74) is 1.88. The number of benzene rings is 3. The van der Waals surface area contributed by atoms with Gasteiger partial charge in [0.05, 0.1) is 11.6 Å². The molecular formula is C26H20ClNO5. The fraction of sp³-hybridized carbons (Fsp3) is 0.154. The van der Waals surface area contributed by atoms with Gasteiger partial charge in [0.1, 0.15) is 19.0 Å². The summed E-state index contributed by atoms with van der Waals surface area (Å²) in [5, 5.41) is 11.7. The van der Waals surface area contributed by atoms with Crippen LogP contribution in [-0.2, 0) is 16.1 Å². The topological polar surface area (TPSA) is 76.1 Å². The van der Waals surface area contributed by atoms with Crippen LogP contribution >= 0.6 is 11.6 Å². The normalized spacial score (nSPS) is 19.1. The Bertz CT molecular complexity index is 1270. The molecule has 5 rings (SSSR count). The van der Waals surface area contributed by atoms with Gasteiger partial charge in [-0.2, -0.15) is 0 Å². The first-order chi connectivity index (χ1) is 16.0. The summed E-state index contributed by atoms with van der Waals surface area (Å²) in [5.74, 6) is -0.658. The standard InChI is InChI=1S/C26H20ClNO5/c27-19-8-4-7-17(13-19)23-22(24(29)18-9-10-20-21(14-18)33-12-11-32-20)25(30)26(31)28(23)15-16-5-2-1-3-6-16/h1-10,13-14,23,29H,11-12,15H2/t23-/m1/s1. The highest BCUT2D eigenvalue weighted by Crippen LogP contribution is 2.42. The highest BCUT2D eigenvalue weighted by atomic mass is 35.5. The van der Waals surface area contributed by atoms with Crippen molar-refractivity contribution in [3.8, 4) is 11.5 Å². The Balaban J connectivity index is 1.64. The summed E-state index contributed by atoms with van der Waals surface area (Å²) >= 11 is 6.23. The fourth-order valence-electron chi connectivity index (χ4n) is 4.19. The van der Waals surface area contributed by atoms with E-state index in [1.165, 1.54) is 4.90 Å². The van der Waals surface area contributed by atoms with E-state index in [9.17, 15) is 14.7 Å². The van der Waals surface area contributed by atoms with Crippen molar-refractivity contribution < 1.29 is 24.2 Å². The first-order valence-electron chi connectivity index (χ1n) is 10.5. The van der Waals surface area contributed by atoms with E-state index >= 15 is 0 Å². The molecule has 0 radical (unpaired) electrons. The Morgan fingerprint density at radius 1 is 0.939 bits per heavy atom. The zero-order chi connectivity index (χ0) is 22.9. The molecule has 2 aliphatic heterocycles. The highest BCUT2D eigenvalue weighted by molar-refractivity contribution is 6.46. The third-order valence-corrected chi connectivity index (χ3v) is 5.95. The van der Waals surface area contributed by atoms with E-state index in [0.717, 1.165) is 5.56 Å². The van der Waals surface area contributed by atoms with Crippen LogP contribution in [0.1, 0.15) is 22.7 Å². The number of ether oxygens (including phenoxy) is 2. The van der Waals surface area contributed by atoms with Crippen LogP contribution < -0.4 is 9.47 Å². The number of ketones is 1. The van der Waals surface area contributed by atoms with Crippen molar-refractivity contribution in [2.24, 2.45) is 0 Å². The van der Waals surface area contributed by atoms with Gasteiger partial charge in [-0.1, -0.05) is 54.1 Å². The van der Waals surface area contributed by atoms with Crippen molar-refractivity contribution >= 4 is 29.1 Å². The third kappa shape index (κ3) is 3.94. The highest BCUT2D eigenvalue weighted by Gasteiger charge is 2.46. The van der Waals surface area contributed by atoms with Gasteiger partial charge in [0.25, 0.3) is 11.7 Å². The quantitative estimate of drug-likeness (QED) is 0.345. The molecule has 33 heavy (non-hydrogen) atoms. The number of likely N-dealkylation sites (tertiary alicyclic amines) is 1. The van der Waals surface area contributed by atoms with E-state index in [0.29, 0.717) is 40.9 Å². The number of fused-ring (bicyclic) bond motifs is 1. The molecule has 166 valence electrons. The Hall–Kier alpha value is -3.77. The fourth-order valence-corrected chi connectivity index (χ4v) is 4.39. The molecule has 1 N–H and O–H groups in total. The number of aliphatic hydroxyl groups is 1. The second kappa shape index (κ2) is 8.64. The molecule has 1 saturated heterocycles. The molecule has 0 bridgehead atoms. The lowest BCUT2D eigenvalue weighted by Crippen LogP contribution is -2.29. The van der Waals surface area contributed by atoms with Gasteiger partial charge in [0.15, 0.2) is 11.5 Å². The zero-order valence-corrected chi connectivity index (χ0v) is 18.3. The SMILES string of the molecule is O=C1C(=O)N(Cc2ccccc2)[C@H](c2cccc(Cl)c2)C1=C(O)c1ccc2c(c1)OCCO2. The second-order valence-electron chi connectivity index (χ2n) is 7.83. The number of hydrogen-bond donors (Lipinski definition) is 1. The van der Waals surface area contributed by atoms with Gasteiger partial charge in [-0.3, -0.25) is 9.59 Å². The molecule has 0 spiro atoms. The molecule has 1 atom stereocenters. The summed E-state index contributed by atoms with van der Waals surface area (Å²) in [7, 11) is 0. The van der Waals surface area contributed by atoms with E-state index in [4.69, 9.17) is 21.1 Å². The number of carbonyl (C=O) groups excluding carboxylic acids is 2. The maximum atomic E-state index is 13.2. The van der Waals surface area contributed by atoms with Crippen LogP contribution in [0.25, 0.3) is 5.76 Å². The van der Waals surface area contributed by atoms with E-state index in [-0.39, 0.29) is 17.9 Å². The van der Waals surface area contributed by atoms with E-state index in [1.54, 1.807) is 42.5 Å². The van der Waals surface area contributed by atoms with Crippen molar-refractivity contribution in [2.75, 3.05) is 13.2 Å². The predicted octanol–water partition coefficient (Wildman–Crippen LogP) is 4.73. The maximum absolute atomic E-state index is 13.2. The lowest BCUT2D eigenvalue weighted by Gasteiger charge is -2.25. The number of nitrogens with zero attached hydrogens (tertiary/aromatic N) is 1. The molecule has 0 unspecified atom stereocenters. The molecule has 0 aromatic heterocycles. The van der Waals surface area contributed by atoms with Crippen LogP contribution in [0.2, 0.25) is 5.02 Å². The second-order valence-corrected chi connectivity index (χ2v) is 8.26. The number of halogens is 1. The van der Waals surface area contributed by atoms with Gasteiger partial charge < -0.3 is 19.5 Å². The molecule has 7 heteroatoms. The first-order valence-corrected chi connectivity index (χ1v) is 10.9. The van der Waals surface area contributed by atoms with Crippen LogP contribution in [0.5, 0.6) is 11.5 Å². The molecule has 6 nitrogen and oxygen atoms in total. The largest absolute Gasteiger partial charge is 0.507 e. The minimum atomic E-state index is -0.794. The number of carbonyl (C=O) groups is 2. The predicted molar refractivity (Wildman–Crippen MR) is 123 cm³/mol. The van der Waals surface area contributed by atoms with Gasteiger partial charge in [0, 0.05) is 17.1 Å². The minimum absolute atomic E-state index is 0.00914. The Kier molecular flexibility index (Phi) is 5.52. The van der Waals surface area contributed by atoms with Crippen molar-refractivity contribution in [1.82, 2.24) is 4.90 Å². The Morgan fingerprint density at radius 3 is 2.45 bits per heavy atom. The van der Waals surface area contributed by atoms with Crippen molar-refractivity contribution in [3.63, 3.8) is 0 Å². The van der Waals surface area contributed by atoms with Crippen molar-refractivity contribution in [2.45, 2.75) is 12.6 Å². The number of aliphatic hydroxyl groups excluding tert-OH is 1. The smallest absolute Gasteiger partial charge is 0.295 e. The van der Waals surface area contributed by atoms with Crippen molar-refractivity contribution in [1.29, 1.82) is 0 Å². The lowest BCUT2D eigenvalue weighted by molar-refractivity contribution is -0.140. The summed E-state index contributed by atoms with van der Waals surface area (Å²) in [6.07, 6.45) is 0. The van der Waals surface area contributed by atoms with Crippen LogP contribution in [0.3, 0.4) is 0 Å². The average molecular weight is 462 g/mol. The molecule has 2 heterocycles. The number of amides is 1. The molecule has 3 aromatic rings. The molecule has 3 aromatic carbocycles. The summed E-state index contributed by atoms with van der Waals surface area (Å²) in [6.45, 7) is 1.04. The molecule has 0 saturated carbocycles. The summed E-state index contributed by atoms with van der Waals surface area (Å²) in [4.78, 5) is 27.8. The average Bonchev–Trinajstić information content (AvgIpc) is 3.09. The lowest BCUT2D eigenvalue weighted by atomic mass is 9.95. The Labute approximate surface area is 195 Å². The molecule has 2 aliphatic rings. The monoisotopic (exact) mass is 461 g/mol. The summed E-state index contributed by atoms with van der Waals surface area (Å²) < 4.78 is 11.2. The van der Waals surface area contributed by atoms with Gasteiger partial charge >= 0.3 is 0 Å². The minimum Gasteiger partial charge on any atom is -0.507 e. The van der Waals surface area contributed by atoms with Gasteiger partial charge in [-0.25, -0.2) is 0 Å². The molecular weight excluding hydrogens is 442 g/mol. The van der Waals surface area contributed by atoms with Crippen LogP contribution in [0.15, 0.2) is 78.4 Å². The van der Waals surface area contributed by atoms with E-state index in [1.807, 2.05) is 30.3 Å². The number of hydrogen-bond acceptors (Lipinski definition) is 5. The van der Waals surface area contributed by atoms with Gasteiger partial charge in [-0.15, -0.1) is 0 Å². The van der Waals surface area contributed by atoms with Gasteiger partial charge in [-0.05, 0) is 41.5 Å². The zero-order valence-electron chi connectivity index (χ0n) is 17.5. The third-order valence-electron chi connectivity index (χ3n) is 5.72. The number of rotatable bonds is 4. The van der Waals surface area contributed by atoms with Gasteiger partial charge in [0.2, 0.25) is 0 Å². The van der Waals surface area contributed by atoms with Crippen molar-refractivity contribution in [3.05, 3.63) is 100 Å². The van der Waals surface area contributed by atoms with Crippen LogP contribution in [0, 0.1) is 0 Å². The first kappa shape index (κ1) is 21.1. The summed E-state index contributed by atoms with van der Waals surface area (Å²) in [6, 6.07) is 20.5. The maximum Gasteiger partial charge on any atom is 0.295 e. The number of Topliss-reactive ketones (excluding diaryl/α,β-unsaturated/α-hetero) is 1. The molecule has 0 aliphatic carbocycles. The molecule has 1 fully saturated rings. The van der Waals surface area contributed by atoms with E-state index < -0.39 is 17.7 Å². The molecule has 1 amide bonds. The van der Waals surface area contributed by atoms with Crippen LogP contribution in [0.4, 0.5) is 0 Å². The van der Waals surface area contributed by atoms with Crippen LogP contribution in [-0.4, -0.2) is 34.9 Å². The van der Waals surface area contributed by atoms with E-state index in [2.05, 4.69) is 0 Å².